The van der Waals surface area contributed by atoms with Crippen LogP contribution in [0.2, 0.25) is 0 Å². The van der Waals surface area contributed by atoms with E-state index in [2.05, 4.69) is 4.98 Å². The van der Waals surface area contributed by atoms with Gasteiger partial charge in [-0.1, -0.05) is 12.1 Å². The molecule has 18 heavy (non-hydrogen) atoms. The molecule has 2 aromatic rings. The predicted molar refractivity (Wildman–Crippen MR) is 63.6 cm³/mol. The first kappa shape index (κ1) is 12.6. The van der Waals surface area contributed by atoms with Crippen molar-refractivity contribution in [2.75, 3.05) is 0 Å². The molecule has 1 aromatic carbocycles. The molecule has 0 aliphatic carbocycles. The van der Waals surface area contributed by atoms with Crippen LogP contribution in [0.1, 0.15) is 10.6 Å². The van der Waals surface area contributed by atoms with Crippen molar-refractivity contribution in [3.05, 3.63) is 40.2 Å². The molecule has 0 spiro atoms. The van der Waals surface area contributed by atoms with Gasteiger partial charge in [0.25, 0.3) is 0 Å². The number of nitrogens with two attached hydrogens (primary N) is 1. The fraction of sp³-hybridized carbons (Fsp3) is 0.0909. The van der Waals surface area contributed by atoms with Crippen LogP contribution in [-0.4, -0.2) is 10.8 Å². The second kappa shape index (κ2) is 4.41. The summed E-state index contributed by atoms with van der Waals surface area (Å²) in [4.78, 5) is 4.00. The normalized spacial score (nSPS) is 11.5. The molecule has 0 fully saturated rings. The molecule has 0 unspecified atom stereocenters. The van der Waals surface area contributed by atoms with Crippen molar-refractivity contribution >= 4 is 17.2 Å². The lowest BCUT2D eigenvalue weighted by molar-refractivity contribution is -0.137. The number of hydrogen-bond acceptors (Lipinski definition) is 3. The zero-order chi connectivity index (χ0) is 13.3. The van der Waals surface area contributed by atoms with Crippen molar-refractivity contribution in [2.24, 2.45) is 5.73 Å². The van der Waals surface area contributed by atoms with E-state index in [1.54, 1.807) is 5.38 Å². The molecular weight excluding hydrogens is 263 g/mol. The number of nitrogens with one attached hydrogen (secondary N) is 1. The van der Waals surface area contributed by atoms with Gasteiger partial charge in [-0.25, -0.2) is 4.98 Å². The van der Waals surface area contributed by atoms with E-state index in [1.807, 2.05) is 0 Å². The van der Waals surface area contributed by atoms with Crippen LogP contribution in [0.4, 0.5) is 13.2 Å². The Labute approximate surface area is 105 Å². The Bertz CT molecular complexity index is 589. The summed E-state index contributed by atoms with van der Waals surface area (Å²) in [5.74, 6) is -0.196. The third kappa shape index (κ3) is 2.51. The Kier molecular flexibility index (Phi) is 3.08. The summed E-state index contributed by atoms with van der Waals surface area (Å²) in [7, 11) is 0. The van der Waals surface area contributed by atoms with Crippen molar-refractivity contribution in [2.45, 2.75) is 6.18 Å². The molecule has 3 N–H and O–H groups in total. The number of amidine groups is 1. The van der Waals surface area contributed by atoms with Crippen LogP contribution in [-0.2, 0) is 6.18 Å². The maximum absolute atomic E-state index is 12.5. The third-order valence-electron chi connectivity index (χ3n) is 2.22. The van der Waals surface area contributed by atoms with E-state index in [0.717, 1.165) is 23.5 Å². The summed E-state index contributed by atoms with van der Waals surface area (Å²) in [6, 6.07) is 4.89. The third-order valence-corrected chi connectivity index (χ3v) is 3.10. The summed E-state index contributed by atoms with van der Waals surface area (Å²) in [6.07, 6.45) is -4.38. The predicted octanol–water partition coefficient (Wildman–Crippen LogP) is 3.11. The molecule has 0 aliphatic heterocycles. The number of benzene rings is 1. The molecule has 2 rings (SSSR count). The molecule has 7 heteroatoms. The van der Waals surface area contributed by atoms with Gasteiger partial charge in [-0.3, -0.25) is 5.41 Å². The number of nitrogen functional groups attached to an aromatic ring is 1. The van der Waals surface area contributed by atoms with Crippen LogP contribution in [0.15, 0.2) is 29.6 Å². The van der Waals surface area contributed by atoms with Gasteiger partial charge in [0.2, 0.25) is 0 Å². The van der Waals surface area contributed by atoms with Crippen LogP contribution < -0.4 is 5.73 Å². The summed E-state index contributed by atoms with van der Waals surface area (Å²) < 4.78 is 37.6. The molecule has 0 radical (unpaired) electrons. The molecule has 0 bridgehead atoms. The van der Waals surface area contributed by atoms with Crippen LogP contribution >= 0.6 is 11.3 Å². The first-order valence-electron chi connectivity index (χ1n) is 4.85. The minimum atomic E-state index is -4.38. The van der Waals surface area contributed by atoms with Gasteiger partial charge in [0.05, 0.1) is 11.3 Å². The number of hydrogen-bond donors (Lipinski definition) is 2. The maximum Gasteiger partial charge on any atom is 0.416 e. The smallest absolute Gasteiger partial charge is 0.382 e. The van der Waals surface area contributed by atoms with Crippen LogP contribution in [0.25, 0.3) is 11.3 Å². The highest BCUT2D eigenvalue weighted by atomic mass is 32.1. The molecule has 0 saturated heterocycles. The maximum atomic E-state index is 12.5. The van der Waals surface area contributed by atoms with E-state index in [9.17, 15) is 13.2 Å². The molecule has 0 atom stereocenters. The topological polar surface area (TPSA) is 62.8 Å². The SMILES string of the molecule is N=C(N)c1nc(-c2cccc(C(F)(F)F)c2)cs1. The van der Waals surface area contributed by atoms with Crippen molar-refractivity contribution in [3.8, 4) is 11.3 Å². The Morgan fingerprint density at radius 1 is 1.33 bits per heavy atom. The number of rotatable bonds is 2. The van der Waals surface area contributed by atoms with Gasteiger partial charge in [-0.05, 0) is 12.1 Å². The van der Waals surface area contributed by atoms with Gasteiger partial charge >= 0.3 is 6.18 Å². The van der Waals surface area contributed by atoms with E-state index < -0.39 is 11.7 Å². The Balaban J connectivity index is 2.41. The first-order chi connectivity index (χ1) is 8.38. The minimum absolute atomic E-state index is 0.196. The average molecular weight is 271 g/mol. The molecule has 1 aromatic heterocycles. The number of thiazole rings is 1. The number of alkyl halides is 3. The fourth-order valence-corrected chi connectivity index (χ4v) is 2.07. The van der Waals surface area contributed by atoms with E-state index >= 15 is 0 Å². The summed E-state index contributed by atoms with van der Waals surface area (Å²) in [5, 5.41) is 9.07. The molecule has 0 aliphatic rings. The van der Waals surface area contributed by atoms with Crippen LogP contribution in [0, 0.1) is 5.41 Å². The van der Waals surface area contributed by atoms with Crippen molar-refractivity contribution in [1.29, 1.82) is 5.41 Å². The van der Waals surface area contributed by atoms with E-state index in [4.69, 9.17) is 11.1 Å². The monoisotopic (exact) mass is 271 g/mol. The average Bonchev–Trinajstić information content (AvgIpc) is 2.77. The highest BCUT2D eigenvalue weighted by Crippen LogP contribution is 2.32. The van der Waals surface area contributed by atoms with E-state index in [1.165, 1.54) is 12.1 Å². The van der Waals surface area contributed by atoms with Gasteiger partial charge in [0, 0.05) is 10.9 Å². The summed E-state index contributed by atoms with van der Waals surface area (Å²) >= 11 is 1.12. The minimum Gasteiger partial charge on any atom is -0.382 e. The molecule has 0 saturated carbocycles. The van der Waals surface area contributed by atoms with Gasteiger partial charge in [-0.15, -0.1) is 11.3 Å². The van der Waals surface area contributed by atoms with Gasteiger partial charge < -0.3 is 5.73 Å². The van der Waals surface area contributed by atoms with Crippen molar-refractivity contribution in [3.63, 3.8) is 0 Å². The van der Waals surface area contributed by atoms with E-state index in [0.29, 0.717) is 16.3 Å². The highest BCUT2D eigenvalue weighted by Gasteiger charge is 2.30. The number of aromatic nitrogens is 1. The van der Waals surface area contributed by atoms with Gasteiger partial charge in [-0.2, -0.15) is 13.2 Å². The number of nitrogens with zero attached hydrogens (tertiary/aromatic N) is 1. The Morgan fingerprint density at radius 2 is 2.06 bits per heavy atom. The molecule has 1 heterocycles. The molecular formula is C11H8F3N3S. The lowest BCUT2D eigenvalue weighted by Crippen LogP contribution is -2.10. The Morgan fingerprint density at radius 3 is 2.61 bits per heavy atom. The van der Waals surface area contributed by atoms with Crippen LogP contribution in [0.3, 0.4) is 0 Å². The largest absolute Gasteiger partial charge is 0.416 e. The summed E-state index contributed by atoms with van der Waals surface area (Å²) in [5.41, 5.74) is 5.27. The zero-order valence-corrected chi connectivity index (χ0v) is 9.77. The lowest BCUT2D eigenvalue weighted by Gasteiger charge is -2.07. The fourth-order valence-electron chi connectivity index (χ4n) is 1.38. The molecule has 0 amide bonds. The van der Waals surface area contributed by atoms with Crippen LogP contribution in [0.5, 0.6) is 0 Å². The van der Waals surface area contributed by atoms with Gasteiger partial charge in [0.1, 0.15) is 0 Å². The Hall–Kier alpha value is -1.89. The number of halogens is 3. The van der Waals surface area contributed by atoms with E-state index in [-0.39, 0.29) is 5.84 Å². The second-order valence-corrected chi connectivity index (χ2v) is 4.39. The molecule has 94 valence electrons. The summed E-state index contributed by atoms with van der Waals surface area (Å²) in [6.45, 7) is 0. The standard InChI is InChI=1S/C11H8F3N3S/c12-11(13,14)7-3-1-2-6(4-7)8-5-18-10(17-8)9(15)16/h1-5H,(H3,15,16). The second-order valence-electron chi connectivity index (χ2n) is 3.53. The zero-order valence-electron chi connectivity index (χ0n) is 8.95. The van der Waals surface area contributed by atoms with Crippen molar-refractivity contribution in [1.82, 2.24) is 4.98 Å². The van der Waals surface area contributed by atoms with Gasteiger partial charge in [0.15, 0.2) is 10.8 Å². The first-order valence-corrected chi connectivity index (χ1v) is 5.73. The lowest BCUT2D eigenvalue weighted by atomic mass is 10.1. The highest BCUT2D eigenvalue weighted by molar-refractivity contribution is 7.12. The molecule has 3 nitrogen and oxygen atoms in total. The van der Waals surface area contributed by atoms with Crippen molar-refractivity contribution < 1.29 is 13.2 Å². The quantitative estimate of drug-likeness (QED) is 0.651.